The molecule has 2 unspecified atom stereocenters. The first-order valence-corrected chi connectivity index (χ1v) is 28.0. The quantitative estimate of drug-likeness (QED) is 0.0246. The fraction of sp³-hybridized carbons (Fsp3) is 0.535. The summed E-state index contributed by atoms with van der Waals surface area (Å²) in [5, 5.41) is 26.6. The van der Waals surface area contributed by atoms with Gasteiger partial charge in [0.2, 0.25) is 11.8 Å². The molecule has 0 bridgehead atoms. The number of aromatic nitrogens is 4. The van der Waals surface area contributed by atoms with Crippen LogP contribution in [0.3, 0.4) is 0 Å². The van der Waals surface area contributed by atoms with Gasteiger partial charge < -0.3 is 57.0 Å². The van der Waals surface area contributed by atoms with Crippen LogP contribution >= 0.6 is 35.2 Å². The van der Waals surface area contributed by atoms with Gasteiger partial charge in [-0.25, -0.2) is 28.6 Å². The number of amides is 2. The number of ether oxygens (including phenoxy) is 1. The highest BCUT2D eigenvalue weighted by molar-refractivity contribution is 8.13. The van der Waals surface area contributed by atoms with E-state index in [0.717, 1.165) is 67.5 Å². The first kappa shape index (κ1) is 64.1. The van der Waals surface area contributed by atoms with Gasteiger partial charge in [0.25, 0.3) is 0 Å². The molecule has 2 aromatic rings. The number of phosphoric ester groups is 3. The Bertz CT molecular complexity index is 2360. The Hall–Kier alpha value is -4.04. The number of allylic oxidation sites excluding steroid dienone is 12. The molecule has 404 valence electrons. The summed E-state index contributed by atoms with van der Waals surface area (Å²) in [5.41, 5.74) is 4.27. The summed E-state index contributed by atoms with van der Waals surface area (Å²) in [7, 11) is -16.4. The van der Waals surface area contributed by atoms with Crippen LogP contribution in [-0.4, -0.2) is 123 Å². The lowest BCUT2D eigenvalue weighted by atomic mass is 9.87. The summed E-state index contributed by atoms with van der Waals surface area (Å²) >= 11 is 1.09. The number of imidazole rings is 1. The number of aliphatic hydroxyl groups excluding tert-OH is 2. The summed E-state index contributed by atoms with van der Waals surface area (Å²) < 4.78 is 62.4. The number of hydrogen-bond acceptors (Lipinski definition) is 19. The molecule has 3 heterocycles. The number of nitrogens with one attached hydrogen (secondary N) is 2. The number of fused-ring (bicyclic) bond motifs is 1. The van der Waals surface area contributed by atoms with Crippen molar-refractivity contribution in [1.82, 2.24) is 36.3 Å². The van der Waals surface area contributed by atoms with E-state index < -0.39 is 84.6 Å². The van der Waals surface area contributed by atoms with Crippen LogP contribution in [0.25, 0.3) is 11.2 Å². The number of thioether (sulfide) groups is 1. The molecular formula is C43H69N8O17P3S. The third-order valence-electron chi connectivity index (χ3n) is 9.88. The van der Waals surface area contributed by atoms with Gasteiger partial charge in [0, 0.05) is 37.1 Å². The van der Waals surface area contributed by atoms with Crippen molar-refractivity contribution in [2.24, 2.45) is 5.41 Å². The Morgan fingerprint density at radius 1 is 0.847 bits per heavy atom. The second-order valence-electron chi connectivity index (χ2n) is 16.2. The van der Waals surface area contributed by atoms with E-state index in [2.05, 4.69) is 102 Å². The number of carbonyl (C=O) groups excluding carboxylic acids is 3. The Morgan fingerprint density at radius 2 is 1.42 bits per heavy atom. The van der Waals surface area contributed by atoms with Crippen molar-refractivity contribution in [2.75, 3.05) is 37.8 Å². The van der Waals surface area contributed by atoms with E-state index in [1.807, 2.05) is 12.2 Å². The molecule has 0 aliphatic carbocycles. The summed E-state index contributed by atoms with van der Waals surface area (Å²) in [6, 6.07) is 0. The molecular weight excluding hydrogens is 1030 g/mol. The zero-order chi connectivity index (χ0) is 52.5. The van der Waals surface area contributed by atoms with Gasteiger partial charge in [0.05, 0.1) is 19.5 Å². The van der Waals surface area contributed by atoms with Gasteiger partial charge in [-0.1, -0.05) is 105 Å². The van der Waals surface area contributed by atoms with E-state index in [1.165, 1.54) is 13.8 Å². The largest absolute Gasteiger partial charge is 0.481 e. The highest BCUT2D eigenvalue weighted by Gasteiger charge is 2.50. The number of carbonyl (C=O) groups is 3. The number of nitrogen functional groups attached to an aromatic ring is 1. The van der Waals surface area contributed by atoms with E-state index in [9.17, 15) is 57.9 Å². The maximum Gasteiger partial charge on any atom is 0.481 e. The van der Waals surface area contributed by atoms with E-state index in [-0.39, 0.29) is 47.8 Å². The molecule has 2 aromatic heterocycles. The van der Waals surface area contributed by atoms with Crippen molar-refractivity contribution >= 4 is 69.1 Å². The Balaban J connectivity index is 0.0000178. The van der Waals surface area contributed by atoms with Gasteiger partial charge in [0.1, 0.15) is 36.3 Å². The molecule has 0 spiro atoms. The summed E-state index contributed by atoms with van der Waals surface area (Å²) in [6.45, 7) is 2.61. The van der Waals surface area contributed by atoms with Crippen LogP contribution in [0, 0.1) is 5.41 Å². The van der Waals surface area contributed by atoms with E-state index in [1.54, 1.807) is 0 Å². The molecule has 3 rings (SSSR count). The minimum Gasteiger partial charge on any atom is -0.386 e. The molecule has 72 heavy (non-hydrogen) atoms. The molecule has 2 amide bonds. The highest BCUT2D eigenvalue weighted by atomic mass is 32.2. The van der Waals surface area contributed by atoms with Crippen LogP contribution in [0.2, 0.25) is 0 Å². The Kier molecular flexibility index (Phi) is 28.8. The molecule has 0 radical (unpaired) electrons. The average molecular weight is 1100 g/mol. The first-order valence-electron chi connectivity index (χ1n) is 22.5. The predicted molar refractivity (Wildman–Crippen MR) is 270 cm³/mol. The molecule has 13 N–H and O–H groups in total. The minimum absolute atomic E-state index is 0. The normalized spacial score (nSPS) is 20.0. The van der Waals surface area contributed by atoms with Crippen molar-refractivity contribution in [1.29, 1.82) is 0 Å². The van der Waals surface area contributed by atoms with Gasteiger partial charge in [0.15, 0.2) is 22.8 Å². The third kappa shape index (κ3) is 24.3. The summed E-state index contributed by atoms with van der Waals surface area (Å²) in [6.07, 6.45) is 24.9. The molecule has 1 aliphatic rings. The molecule has 7 atom stereocenters. The fourth-order valence-electron chi connectivity index (χ4n) is 6.21. The van der Waals surface area contributed by atoms with Gasteiger partial charge >= 0.3 is 23.5 Å². The van der Waals surface area contributed by atoms with Crippen LogP contribution in [0.4, 0.5) is 5.82 Å². The third-order valence-corrected chi connectivity index (χ3v) is 13.9. The standard InChI is InChI=1S/C43H66N7O17P3S.H3N/c1-4-5-6-7-8-9-10-11-12-13-14-15-16-17-18-19-20-21-22-23-34(52)71-27-26-45-33(51)24-25-46-41(55)38(54)43(2,3)29-64-70(61,62)67-69(59,60)63-28-32-37(66-68(56,57)58)36(53)42(65-32)50-31-49-35-39(44)47-30-48-40(35)50;/h5-6,8-9,11-12,14-15,17-18,20-21,30-32,36-38,42,53-54H,4,7,10,13,16,19,22-29H2,1-3H3,(H,45,51)(H,46,55)(H,59,60)(H,61,62)(H2,44,47,48)(H2,56,57,58);1H3/b6-5-,9-8-,12-11-,15-14-,18-17-,21-20-;/t32-,36-,37-,38+,42-;/m1./s1. The molecule has 1 aliphatic heterocycles. The van der Waals surface area contributed by atoms with Crippen LogP contribution < -0.4 is 22.5 Å². The fourth-order valence-corrected chi connectivity index (χ4v) is 9.73. The van der Waals surface area contributed by atoms with Crippen molar-refractivity contribution in [3.63, 3.8) is 0 Å². The molecule has 1 fully saturated rings. The Labute approximate surface area is 422 Å². The summed E-state index contributed by atoms with van der Waals surface area (Å²) in [5.74, 6) is -1.11. The van der Waals surface area contributed by atoms with E-state index in [4.69, 9.17) is 19.5 Å². The highest BCUT2D eigenvalue weighted by Crippen LogP contribution is 2.61. The average Bonchev–Trinajstić information content (AvgIpc) is 3.86. The molecule has 1 saturated heterocycles. The van der Waals surface area contributed by atoms with Crippen LogP contribution in [-0.2, 0) is 50.7 Å². The molecule has 0 saturated carbocycles. The number of hydrogen-bond donors (Lipinski definition) is 10. The molecule has 25 nitrogen and oxygen atoms in total. The second kappa shape index (κ2) is 32.3. The zero-order valence-electron chi connectivity index (χ0n) is 40.4. The summed E-state index contributed by atoms with van der Waals surface area (Å²) in [4.78, 5) is 88.4. The van der Waals surface area contributed by atoms with Crippen LogP contribution in [0.1, 0.15) is 84.8 Å². The smallest absolute Gasteiger partial charge is 0.386 e. The number of anilines is 1. The predicted octanol–water partition coefficient (Wildman–Crippen LogP) is 5.30. The van der Waals surface area contributed by atoms with Gasteiger partial charge in [-0.05, 0) is 44.9 Å². The van der Waals surface area contributed by atoms with Crippen molar-refractivity contribution in [2.45, 2.75) is 109 Å². The number of phosphoric acid groups is 3. The molecule has 0 aromatic carbocycles. The van der Waals surface area contributed by atoms with Crippen LogP contribution in [0.5, 0.6) is 0 Å². The lowest BCUT2D eigenvalue weighted by Crippen LogP contribution is -2.46. The van der Waals surface area contributed by atoms with Crippen molar-refractivity contribution < 1.29 is 80.5 Å². The van der Waals surface area contributed by atoms with Gasteiger partial charge in [-0.15, -0.1) is 0 Å². The van der Waals surface area contributed by atoms with Crippen LogP contribution in [0.15, 0.2) is 85.6 Å². The first-order chi connectivity index (χ1) is 33.6. The van der Waals surface area contributed by atoms with E-state index in [0.29, 0.717) is 18.6 Å². The molecule has 29 heteroatoms. The van der Waals surface area contributed by atoms with Gasteiger partial charge in [-0.2, -0.15) is 4.31 Å². The second-order valence-corrected chi connectivity index (χ2v) is 21.6. The number of nitrogens with two attached hydrogens (primary N) is 1. The SMILES string of the molecule is CC/C=C\C/C=C\C/C=C\C/C=C\C/C=C\C/C=C\CCC(=O)SCCNC(=O)CCNC(=O)[C@H](O)C(C)(C)COP(=O)(O)OP(=O)(O)OC[C@H]1O[C@@H](n2cnc3c(N)ncnc32)[C@H](O)[C@@H]1OP(=O)(O)O.N. The number of aliphatic hydroxyl groups is 2. The monoisotopic (exact) mass is 1090 g/mol. The van der Waals surface area contributed by atoms with Gasteiger partial charge in [-0.3, -0.25) is 32.5 Å². The number of rotatable bonds is 33. The zero-order valence-corrected chi connectivity index (χ0v) is 43.9. The topological polar surface area (TPSA) is 399 Å². The van der Waals surface area contributed by atoms with E-state index >= 15 is 0 Å². The lowest BCUT2D eigenvalue weighted by Gasteiger charge is -2.30. The van der Waals surface area contributed by atoms with Crippen molar-refractivity contribution in [3.05, 3.63) is 85.6 Å². The Morgan fingerprint density at radius 3 is 2.00 bits per heavy atom. The maximum atomic E-state index is 12.7. The maximum absolute atomic E-state index is 12.7. The van der Waals surface area contributed by atoms with Crippen molar-refractivity contribution in [3.8, 4) is 0 Å². The number of nitrogens with zero attached hydrogens (tertiary/aromatic N) is 4. The minimum atomic E-state index is -5.58. The lowest BCUT2D eigenvalue weighted by molar-refractivity contribution is -0.137.